The molecule has 2 aromatic carbocycles. The highest BCUT2D eigenvalue weighted by Crippen LogP contribution is 2.36. The van der Waals surface area contributed by atoms with E-state index in [9.17, 15) is 21.6 Å². The third-order valence-corrected chi connectivity index (χ3v) is 10.4. The summed E-state index contributed by atoms with van der Waals surface area (Å²) in [5.74, 6) is -0.126. The van der Waals surface area contributed by atoms with Crippen molar-refractivity contribution in [1.29, 1.82) is 0 Å². The molecule has 0 radical (unpaired) electrons. The van der Waals surface area contributed by atoms with E-state index in [-0.39, 0.29) is 35.7 Å². The highest BCUT2D eigenvalue weighted by molar-refractivity contribution is 7.89. The van der Waals surface area contributed by atoms with Gasteiger partial charge in [-0.2, -0.15) is 16.8 Å². The van der Waals surface area contributed by atoms with Crippen molar-refractivity contribution < 1.29 is 30.0 Å². The Balaban J connectivity index is 1.51. The van der Waals surface area contributed by atoms with Crippen LogP contribution in [0, 0.1) is 0 Å². The lowest BCUT2D eigenvalue weighted by atomic mass is 9.96. The third kappa shape index (κ3) is 6.15. The minimum absolute atomic E-state index is 0.0629. The van der Waals surface area contributed by atoms with Crippen LogP contribution in [0.4, 0.5) is 16.2 Å². The predicted molar refractivity (Wildman–Crippen MR) is 156 cm³/mol. The molecule has 0 aromatic heterocycles. The number of nitrogens with one attached hydrogen (secondary N) is 2. The van der Waals surface area contributed by atoms with Crippen LogP contribution < -0.4 is 19.0 Å². The Morgan fingerprint density at radius 2 is 1.07 bits per heavy atom. The molecule has 0 saturated carbocycles. The van der Waals surface area contributed by atoms with Crippen LogP contribution >= 0.6 is 0 Å². The van der Waals surface area contributed by atoms with Crippen molar-refractivity contribution in [3.8, 4) is 11.5 Å². The average molecular weight is 585 g/mol. The smallest absolute Gasteiger partial charge is 0.323 e. The van der Waals surface area contributed by atoms with Crippen LogP contribution in [0.1, 0.15) is 40.5 Å². The molecular weight excluding hydrogens is 552 g/mol. The van der Waals surface area contributed by atoms with Crippen LogP contribution in [0.15, 0.2) is 96.1 Å². The van der Waals surface area contributed by atoms with E-state index in [1.54, 1.807) is 62.4 Å². The monoisotopic (exact) mass is 584 g/mol. The van der Waals surface area contributed by atoms with Crippen LogP contribution in [-0.2, 0) is 20.2 Å². The number of anilines is 2. The number of carbonyl (C=O) groups excluding carboxylic acids is 1. The Morgan fingerprint density at radius 3 is 1.45 bits per heavy atom. The van der Waals surface area contributed by atoms with Gasteiger partial charge >= 0.3 is 26.3 Å². The molecule has 0 heterocycles. The first kappa shape index (κ1) is 29.2. The summed E-state index contributed by atoms with van der Waals surface area (Å²) < 4.78 is 61.2. The Morgan fingerprint density at radius 1 is 0.700 bits per heavy atom. The number of hydrogen-bond donors (Lipinski definition) is 2. The zero-order valence-electron chi connectivity index (χ0n) is 22.7. The van der Waals surface area contributed by atoms with Crippen LogP contribution in [0.5, 0.6) is 11.5 Å². The second-order valence-corrected chi connectivity index (χ2v) is 14.4. The Labute approximate surface area is 235 Å². The molecule has 0 aliphatic heterocycles. The van der Waals surface area contributed by atoms with E-state index < -0.39 is 35.8 Å². The number of amides is 2. The minimum Gasteiger partial charge on any atom is -0.380 e. The lowest BCUT2D eigenvalue weighted by molar-refractivity contribution is 0.262. The summed E-state index contributed by atoms with van der Waals surface area (Å²) in [6.07, 6.45) is 10.7. The molecule has 4 rings (SSSR count). The normalized spacial score (nSPS) is 22.6. The van der Waals surface area contributed by atoms with Gasteiger partial charge in [-0.05, 0) is 64.8 Å². The van der Waals surface area contributed by atoms with Gasteiger partial charge in [-0.3, -0.25) is 0 Å². The van der Waals surface area contributed by atoms with Crippen LogP contribution in [0.25, 0.3) is 0 Å². The van der Waals surface area contributed by atoms with Gasteiger partial charge in [0.05, 0.1) is 11.4 Å². The zero-order valence-corrected chi connectivity index (χ0v) is 24.3. The third-order valence-electron chi connectivity index (χ3n) is 6.73. The van der Waals surface area contributed by atoms with Gasteiger partial charge in [0.2, 0.25) is 0 Å². The number of allylic oxidation sites excluding steroid dienone is 6. The second kappa shape index (κ2) is 11.0. The summed E-state index contributed by atoms with van der Waals surface area (Å²) >= 11 is 0. The molecule has 2 N–H and O–H groups in total. The van der Waals surface area contributed by atoms with Crippen LogP contribution in [-0.4, -0.2) is 32.4 Å². The SMILES string of the molecule is CC1=CC=CC(C)(S(=O)(=O)Oc2ccccc2NC(=O)Nc2ccccc2OS(=O)(=O)C2(C)C=CC=C(C)C2)C1. The van der Waals surface area contributed by atoms with E-state index in [1.165, 1.54) is 24.3 Å². The van der Waals surface area contributed by atoms with Gasteiger partial charge in [0.15, 0.2) is 11.5 Å². The van der Waals surface area contributed by atoms with E-state index in [1.807, 2.05) is 26.0 Å². The van der Waals surface area contributed by atoms with E-state index in [2.05, 4.69) is 10.6 Å². The molecule has 11 heteroatoms. The first-order chi connectivity index (χ1) is 18.7. The number of carbonyl (C=O) groups is 1. The number of rotatable bonds is 8. The molecule has 2 atom stereocenters. The summed E-state index contributed by atoms with van der Waals surface area (Å²) in [6, 6.07) is 11.5. The van der Waals surface area contributed by atoms with Gasteiger partial charge in [0, 0.05) is 0 Å². The van der Waals surface area contributed by atoms with Crippen molar-refractivity contribution in [1.82, 2.24) is 0 Å². The quantitative estimate of drug-likeness (QED) is 0.360. The van der Waals surface area contributed by atoms with E-state index >= 15 is 0 Å². The van der Waals surface area contributed by atoms with Crippen LogP contribution in [0.3, 0.4) is 0 Å². The molecule has 2 unspecified atom stereocenters. The van der Waals surface area contributed by atoms with Gasteiger partial charge in [0.1, 0.15) is 9.49 Å². The standard InChI is InChI=1S/C29H32N2O7S2/c1-21-11-9-17-28(3,19-21)39(33,34)37-25-15-7-5-13-23(25)30-27(32)31-24-14-6-8-16-26(24)38-40(35,36)29(4)18-10-12-22(2)20-29/h5-18H,19-20H2,1-4H3,(H2,30,31,32). The molecule has 212 valence electrons. The van der Waals surface area contributed by atoms with Gasteiger partial charge < -0.3 is 19.0 Å². The molecular formula is C29H32N2O7S2. The number of para-hydroxylation sites is 4. The van der Waals surface area contributed by atoms with E-state index in [0.717, 1.165) is 11.1 Å². The molecule has 40 heavy (non-hydrogen) atoms. The molecule has 0 fully saturated rings. The maximum absolute atomic E-state index is 13.2. The highest BCUT2D eigenvalue weighted by Gasteiger charge is 2.41. The maximum Gasteiger partial charge on any atom is 0.323 e. The Hall–Kier alpha value is -3.83. The molecule has 0 bridgehead atoms. The Bertz CT molecular complexity index is 1530. The molecule has 2 aliphatic carbocycles. The van der Waals surface area contributed by atoms with Crippen molar-refractivity contribution in [2.24, 2.45) is 0 Å². The first-order valence-electron chi connectivity index (χ1n) is 12.6. The fourth-order valence-corrected chi connectivity index (χ4v) is 6.95. The van der Waals surface area contributed by atoms with Gasteiger partial charge in [-0.25, -0.2) is 4.79 Å². The lowest BCUT2D eigenvalue weighted by Crippen LogP contribution is -2.38. The van der Waals surface area contributed by atoms with Gasteiger partial charge in [-0.1, -0.05) is 71.9 Å². The minimum atomic E-state index is -4.13. The van der Waals surface area contributed by atoms with E-state index in [0.29, 0.717) is 0 Å². The zero-order chi connectivity index (χ0) is 29.2. The van der Waals surface area contributed by atoms with Crippen molar-refractivity contribution >= 4 is 37.6 Å². The molecule has 0 spiro atoms. The summed E-state index contributed by atoms with van der Waals surface area (Å²) in [4.78, 5) is 13.0. The molecule has 9 nitrogen and oxygen atoms in total. The van der Waals surface area contributed by atoms with Gasteiger partial charge in [0.25, 0.3) is 0 Å². The first-order valence-corrected chi connectivity index (χ1v) is 15.4. The van der Waals surface area contributed by atoms with Gasteiger partial charge in [-0.15, -0.1) is 0 Å². The van der Waals surface area contributed by atoms with Crippen molar-refractivity contribution in [2.45, 2.75) is 50.0 Å². The van der Waals surface area contributed by atoms with Crippen LogP contribution in [0.2, 0.25) is 0 Å². The summed E-state index contributed by atoms with van der Waals surface area (Å²) in [6.45, 7) is 6.83. The average Bonchev–Trinajstić information content (AvgIpc) is 2.86. The number of benzene rings is 2. The largest absolute Gasteiger partial charge is 0.380 e. The second-order valence-electron chi connectivity index (χ2n) is 10.4. The fourth-order valence-electron chi connectivity index (χ4n) is 4.51. The summed E-state index contributed by atoms with van der Waals surface area (Å²) in [7, 11) is -8.26. The lowest BCUT2D eigenvalue weighted by Gasteiger charge is -2.28. The van der Waals surface area contributed by atoms with E-state index in [4.69, 9.17) is 8.37 Å². The molecule has 0 saturated heterocycles. The number of hydrogen-bond acceptors (Lipinski definition) is 7. The molecule has 2 aliphatic rings. The van der Waals surface area contributed by atoms with Crippen molar-refractivity contribution in [2.75, 3.05) is 10.6 Å². The predicted octanol–water partition coefficient (Wildman–Crippen LogP) is 6.08. The summed E-state index contributed by atoms with van der Waals surface area (Å²) in [5, 5.41) is 5.16. The number of urea groups is 1. The Kier molecular flexibility index (Phi) is 8.00. The summed E-state index contributed by atoms with van der Waals surface area (Å²) in [5.41, 5.74) is 2.00. The maximum atomic E-state index is 13.2. The fraction of sp³-hybridized carbons (Fsp3) is 0.276. The molecule has 2 aromatic rings. The molecule has 2 amide bonds. The topological polar surface area (TPSA) is 128 Å². The highest BCUT2D eigenvalue weighted by atomic mass is 32.2. The van der Waals surface area contributed by atoms with Crippen molar-refractivity contribution in [3.05, 3.63) is 96.1 Å². The van der Waals surface area contributed by atoms with Crippen molar-refractivity contribution in [3.63, 3.8) is 0 Å².